The highest BCUT2D eigenvalue weighted by Gasteiger charge is 2.29. The lowest BCUT2D eigenvalue weighted by atomic mass is 10.0. The number of anilines is 1. The van der Waals surface area contributed by atoms with Crippen molar-refractivity contribution in [3.63, 3.8) is 0 Å². The first kappa shape index (κ1) is 15.4. The molecule has 0 amide bonds. The smallest absolute Gasteiger partial charge is 0.254 e. The first-order valence-electron chi connectivity index (χ1n) is 9.13. The zero-order valence-corrected chi connectivity index (χ0v) is 14.8. The van der Waals surface area contributed by atoms with Crippen molar-refractivity contribution < 1.29 is 9.47 Å². The molecule has 3 aromatic rings. The molecule has 2 aliphatic rings. The molecule has 0 bridgehead atoms. The van der Waals surface area contributed by atoms with Gasteiger partial charge in [0.15, 0.2) is 11.5 Å². The first-order chi connectivity index (χ1) is 12.8. The van der Waals surface area contributed by atoms with Crippen molar-refractivity contribution in [3.8, 4) is 11.5 Å². The van der Waals surface area contributed by atoms with Gasteiger partial charge in [-0.25, -0.2) is 4.98 Å². The highest BCUT2D eigenvalue weighted by molar-refractivity contribution is 5.52. The third-order valence-electron chi connectivity index (χ3n) is 5.06. The maximum atomic E-state index is 5.89. The van der Waals surface area contributed by atoms with E-state index in [1.807, 2.05) is 17.5 Å². The van der Waals surface area contributed by atoms with Crippen molar-refractivity contribution in [1.82, 2.24) is 19.6 Å². The molecule has 134 valence electrons. The van der Waals surface area contributed by atoms with Crippen molar-refractivity contribution in [2.45, 2.75) is 32.2 Å². The Bertz CT molecular complexity index is 954. The normalized spacial score (nSPS) is 19.7. The molecule has 7 heteroatoms. The van der Waals surface area contributed by atoms with E-state index in [4.69, 9.17) is 9.47 Å². The minimum atomic E-state index is 0.279. The Morgan fingerprint density at radius 3 is 2.88 bits per heavy atom. The van der Waals surface area contributed by atoms with Gasteiger partial charge in [-0.3, -0.25) is 0 Å². The zero-order valence-electron chi connectivity index (χ0n) is 14.8. The predicted molar refractivity (Wildman–Crippen MR) is 96.9 cm³/mol. The Kier molecular flexibility index (Phi) is 3.65. The van der Waals surface area contributed by atoms with Crippen molar-refractivity contribution in [2.75, 3.05) is 24.7 Å². The largest absolute Gasteiger partial charge is 0.490 e. The molecule has 7 nitrogen and oxygen atoms in total. The van der Waals surface area contributed by atoms with Crippen LogP contribution < -0.4 is 14.4 Å². The topological polar surface area (TPSA) is 64.8 Å². The summed E-state index contributed by atoms with van der Waals surface area (Å²) in [5.41, 5.74) is 2.19. The maximum Gasteiger partial charge on any atom is 0.254 e. The Hall–Kier alpha value is -2.83. The summed E-state index contributed by atoms with van der Waals surface area (Å²) >= 11 is 0. The predicted octanol–water partition coefficient (Wildman–Crippen LogP) is 2.94. The SMILES string of the molecule is Cc1cc(N2CCCC2c2ccc3c(c2)OCCCO3)n2ncnc2n1. The fourth-order valence-corrected chi connectivity index (χ4v) is 3.89. The third-order valence-corrected chi connectivity index (χ3v) is 5.06. The molecule has 1 fully saturated rings. The Morgan fingerprint density at radius 2 is 1.96 bits per heavy atom. The lowest BCUT2D eigenvalue weighted by Gasteiger charge is -2.27. The van der Waals surface area contributed by atoms with Crippen molar-refractivity contribution in [2.24, 2.45) is 0 Å². The van der Waals surface area contributed by atoms with Crippen LogP contribution in [0, 0.1) is 6.92 Å². The second-order valence-electron chi connectivity index (χ2n) is 6.84. The van der Waals surface area contributed by atoms with Crippen LogP contribution in [0.2, 0.25) is 0 Å². The molecule has 0 N–H and O–H groups in total. The Labute approximate surface area is 151 Å². The lowest BCUT2D eigenvalue weighted by molar-refractivity contribution is 0.297. The monoisotopic (exact) mass is 351 g/mol. The fourth-order valence-electron chi connectivity index (χ4n) is 3.89. The number of aryl methyl sites for hydroxylation is 1. The van der Waals surface area contributed by atoms with E-state index >= 15 is 0 Å². The van der Waals surface area contributed by atoms with E-state index in [9.17, 15) is 0 Å². The van der Waals surface area contributed by atoms with E-state index in [1.165, 1.54) is 5.56 Å². The van der Waals surface area contributed by atoms with Crippen LogP contribution >= 0.6 is 0 Å². The summed E-state index contributed by atoms with van der Waals surface area (Å²) in [6.45, 7) is 4.39. The summed E-state index contributed by atoms with van der Waals surface area (Å²) in [7, 11) is 0. The summed E-state index contributed by atoms with van der Waals surface area (Å²) in [6.07, 6.45) is 4.71. The van der Waals surface area contributed by atoms with Crippen molar-refractivity contribution in [1.29, 1.82) is 0 Å². The Balaban J connectivity index is 1.55. The van der Waals surface area contributed by atoms with E-state index in [0.717, 1.165) is 48.8 Å². The standard InChI is InChI=1S/C19H21N5O2/c1-13-10-18(24-19(22-13)20-12-21-24)23-7-2-4-15(23)14-5-6-16-17(11-14)26-9-3-8-25-16/h5-6,10-12,15H,2-4,7-9H2,1H3. The molecule has 26 heavy (non-hydrogen) atoms. The number of rotatable bonds is 2. The third kappa shape index (κ3) is 2.55. The minimum absolute atomic E-state index is 0.279. The first-order valence-corrected chi connectivity index (χ1v) is 9.13. The summed E-state index contributed by atoms with van der Waals surface area (Å²) < 4.78 is 13.5. The van der Waals surface area contributed by atoms with Crippen LogP contribution in [0.3, 0.4) is 0 Å². The van der Waals surface area contributed by atoms with Crippen LogP contribution in [0.5, 0.6) is 11.5 Å². The van der Waals surface area contributed by atoms with Gasteiger partial charge < -0.3 is 14.4 Å². The minimum Gasteiger partial charge on any atom is -0.490 e. The summed E-state index contributed by atoms with van der Waals surface area (Å²) in [4.78, 5) is 11.1. The van der Waals surface area contributed by atoms with Gasteiger partial charge in [0, 0.05) is 24.7 Å². The number of hydrogen-bond donors (Lipinski definition) is 0. The average Bonchev–Trinajstić information content (AvgIpc) is 3.25. The van der Waals surface area contributed by atoms with Gasteiger partial charge in [0.25, 0.3) is 5.78 Å². The molecule has 1 saturated heterocycles. The number of hydrogen-bond acceptors (Lipinski definition) is 6. The van der Waals surface area contributed by atoms with Gasteiger partial charge in [-0.1, -0.05) is 6.07 Å². The summed E-state index contributed by atoms with van der Waals surface area (Å²) in [6, 6.07) is 8.69. The molecule has 5 rings (SSSR count). The van der Waals surface area contributed by atoms with Crippen LogP contribution in [-0.2, 0) is 0 Å². The van der Waals surface area contributed by atoms with Gasteiger partial charge in [0.1, 0.15) is 12.1 Å². The number of ether oxygens (including phenoxy) is 2. The zero-order chi connectivity index (χ0) is 17.5. The van der Waals surface area contributed by atoms with E-state index in [-0.39, 0.29) is 6.04 Å². The summed E-state index contributed by atoms with van der Waals surface area (Å²) in [5, 5.41) is 4.37. The molecule has 1 unspecified atom stereocenters. The van der Waals surface area contributed by atoms with Gasteiger partial charge in [0.05, 0.1) is 19.3 Å². The molecule has 0 spiro atoms. The van der Waals surface area contributed by atoms with Crippen molar-refractivity contribution >= 4 is 11.6 Å². The fraction of sp³-hybridized carbons (Fsp3) is 0.421. The van der Waals surface area contributed by atoms with Gasteiger partial charge in [-0.15, -0.1) is 0 Å². The molecule has 0 saturated carbocycles. The average molecular weight is 351 g/mol. The van der Waals surface area contributed by atoms with Crippen LogP contribution in [0.25, 0.3) is 5.78 Å². The molecule has 4 heterocycles. The molecular weight excluding hydrogens is 330 g/mol. The summed E-state index contributed by atoms with van der Waals surface area (Å²) in [5.74, 6) is 3.38. The van der Waals surface area contributed by atoms with Crippen LogP contribution in [0.15, 0.2) is 30.6 Å². The molecule has 1 aromatic carbocycles. The molecule has 2 aliphatic heterocycles. The highest BCUT2D eigenvalue weighted by Crippen LogP contribution is 2.40. The number of benzene rings is 1. The number of aromatic nitrogens is 4. The van der Waals surface area contributed by atoms with E-state index in [1.54, 1.807) is 6.33 Å². The van der Waals surface area contributed by atoms with Crippen molar-refractivity contribution in [3.05, 3.63) is 41.9 Å². The van der Waals surface area contributed by atoms with E-state index in [2.05, 4.69) is 38.2 Å². The molecule has 0 aliphatic carbocycles. The quantitative estimate of drug-likeness (QED) is 0.707. The second-order valence-corrected chi connectivity index (χ2v) is 6.84. The van der Waals surface area contributed by atoms with Crippen LogP contribution in [0.4, 0.5) is 5.82 Å². The van der Waals surface area contributed by atoms with E-state index in [0.29, 0.717) is 19.0 Å². The lowest BCUT2D eigenvalue weighted by Crippen LogP contribution is -2.25. The molecule has 0 radical (unpaired) electrons. The van der Waals surface area contributed by atoms with Gasteiger partial charge in [-0.2, -0.15) is 14.6 Å². The van der Waals surface area contributed by atoms with E-state index < -0.39 is 0 Å². The number of nitrogens with zero attached hydrogens (tertiary/aromatic N) is 5. The maximum absolute atomic E-state index is 5.89. The van der Waals surface area contributed by atoms with Crippen LogP contribution in [-0.4, -0.2) is 39.3 Å². The number of fused-ring (bicyclic) bond motifs is 2. The molecule has 2 aromatic heterocycles. The Morgan fingerprint density at radius 1 is 1.08 bits per heavy atom. The highest BCUT2D eigenvalue weighted by atomic mass is 16.5. The van der Waals surface area contributed by atoms with Crippen LogP contribution in [0.1, 0.15) is 36.6 Å². The molecule has 1 atom stereocenters. The van der Waals surface area contributed by atoms with Gasteiger partial charge in [-0.05, 0) is 37.5 Å². The van der Waals surface area contributed by atoms with Gasteiger partial charge >= 0.3 is 0 Å². The van der Waals surface area contributed by atoms with Gasteiger partial charge in [0.2, 0.25) is 0 Å². The molecular formula is C19H21N5O2. The second kappa shape index (κ2) is 6.16.